The van der Waals surface area contributed by atoms with Gasteiger partial charge in [0.15, 0.2) is 11.1 Å². The number of fused-ring (bicyclic) bond motifs is 1. The van der Waals surface area contributed by atoms with Crippen molar-refractivity contribution in [3.05, 3.63) is 59.8 Å². The lowest BCUT2D eigenvalue weighted by molar-refractivity contribution is -0.347. The fourth-order valence-electron chi connectivity index (χ4n) is 3.37. The van der Waals surface area contributed by atoms with Crippen molar-refractivity contribution in [2.24, 2.45) is 0 Å². The summed E-state index contributed by atoms with van der Waals surface area (Å²) in [7, 11) is -3.65. The number of hydrogen-bond acceptors (Lipinski definition) is 3. The highest BCUT2D eigenvalue weighted by Gasteiger charge is 2.30. The number of pyridine rings is 1. The third-order valence-corrected chi connectivity index (χ3v) is 6.65. The van der Waals surface area contributed by atoms with Crippen molar-refractivity contribution in [1.29, 1.82) is 0 Å². The smallest absolute Gasteiger partial charge is 0.214 e. The molecule has 1 N–H and O–H groups in total. The van der Waals surface area contributed by atoms with Crippen molar-refractivity contribution in [2.75, 3.05) is 18.0 Å². The number of sulfone groups is 1. The minimum atomic E-state index is -3.65. The molecule has 4 rings (SSSR count). The summed E-state index contributed by atoms with van der Waals surface area (Å²) in [6.07, 6.45) is 3.76. The first-order valence-corrected chi connectivity index (χ1v) is 10.1. The molecule has 1 aromatic heterocycles. The topological polar surface area (TPSA) is 51.5 Å². The Morgan fingerprint density at radius 3 is 2.36 bits per heavy atom. The highest BCUT2D eigenvalue weighted by atomic mass is 35.5. The number of aromatic nitrogens is 1. The first kappa shape index (κ1) is 16.4. The molecule has 0 radical (unpaired) electrons. The molecule has 4 nitrogen and oxygen atoms in total. The van der Waals surface area contributed by atoms with Gasteiger partial charge in [-0.05, 0) is 43.2 Å². The van der Waals surface area contributed by atoms with Crippen LogP contribution in [0.25, 0.3) is 10.9 Å². The minimum absolute atomic E-state index is 0.251. The van der Waals surface area contributed by atoms with Gasteiger partial charge in [0.25, 0.3) is 0 Å². The van der Waals surface area contributed by atoms with Crippen molar-refractivity contribution in [3.8, 4) is 0 Å². The molecule has 0 spiro atoms. The van der Waals surface area contributed by atoms with Gasteiger partial charge in [-0.3, -0.25) is 0 Å². The molecule has 0 amide bonds. The van der Waals surface area contributed by atoms with E-state index in [-0.39, 0.29) is 4.90 Å². The fourth-order valence-corrected chi connectivity index (χ4v) is 4.95. The highest BCUT2D eigenvalue weighted by Crippen LogP contribution is 2.36. The van der Waals surface area contributed by atoms with Crippen LogP contribution in [-0.2, 0) is 9.84 Å². The van der Waals surface area contributed by atoms with E-state index in [1.54, 1.807) is 30.5 Å². The zero-order valence-electron chi connectivity index (χ0n) is 13.6. The molecule has 1 saturated heterocycles. The van der Waals surface area contributed by atoms with Crippen LogP contribution in [0.2, 0.25) is 5.02 Å². The number of halogens is 1. The van der Waals surface area contributed by atoms with Gasteiger partial charge < -0.3 is 4.90 Å². The van der Waals surface area contributed by atoms with Gasteiger partial charge in [0.1, 0.15) is 0 Å². The number of H-pyrrole nitrogens is 1. The summed E-state index contributed by atoms with van der Waals surface area (Å²) >= 11 is 5.91. The maximum absolute atomic E-state index is 13.3. The molecule has 1 fully saturated rings. The molecule has 0 atom stereocenters. The number of hydrogen-bond donors (Lipinski definition) is 0. The zero-order valence-corrected chi connectivity index (χ0v) is 15.1. The van der Waals surface area contributed by atoms with E-state index in [1.807, 2.05) is 24.3 Å². The lowest BCUT2D eigenvalue weighted by Crippen LogP contribution is -2.23. The molecule has 128 valence electrons. The van der Waals surface area contributed by atoms with Crippen LogP contribution < -0.4 is 9.88 Å². The molecule has 25 heavy (non-hydrogen) atoms. The Morgan fingerprint density at radius 1 is 0.960 bits per heavy atom. The SMILES string of the molecule is O=S(=O)(c1ccc(Cl)cc1)c1c[nH+]c2ccccc2c1N1CCCC1. The van der Waals surface area contributed by atoms with Crippen LogP contribution in [0.3, 0.4) is 0 Å². The van der Waals surface area contributed by atoms with Crippen LogP contribution in [-0.4, -0.2) is 21.5 Å². The first-order valence-electron chi connectivity index (χ1n) is 8.26. The minimum Gasteiger partial charge on any atom is -0.370 e. The van der Waals surface area contributed by atoms with Crippen LogP contribution >= 0.6 is 11.6 Å². The molecular weight excluding hydrogens is 356 g/mol. The molecular formula is C19H18ClN2O2S+. The number of nitrogens with one attached hydrogen (secondary N) is 1. The summed E-state index contributed by atoms with van der Waals surface area (Å²) in [5.74, 6) is 0. The fraction of sp³-hybridized carbons (Fsp3) is 0.211. The van der Waals surface area contributed by atoms with Gasteiger partial charge in [-0.2, -0.15) is 0 Å². The van der Waals surface area contributed by atoms with Crippen molar-refractivity contribution in [2.45, 2.75) is 22.6 Å². The van der Waals surface area contributed by atoms with Crippen molar-refractivity contribution in [1.82, 2.24) is 0 Å². The summed E-state index contributed by atoms with van der Waals surface area (Å²) < 4.78 is 26.6. The maximum atomic E-state index is 13.3. The lowest BCUT2D eigenvalue weighted by atomic mass is 10.2. The molecule has 0 aliphatic carbocycles. The Morgan fingerprint density at radius 2 is 1.64 bits per heavy atom. The zero-order chi connectivity index (χ0) is 17.4. The van der Waals surface area contributed by atoms with E-state index in [0.717, 1.165) is 42.5 Å². The van der Waals surface area contributed by atoms with Gasteiger partial charge in [0.2, 0.25) is 15.4 Å². The standard InChI is InChI=1S/C19H17ClN2O2S/c20-14-7-9-15(10-8-14)25(23,24)18-13-21-17-6-2-1-5-16(17)19(18)22-11-3-4-12-22/h1-2,5-10,13H,3-4,11-12H2/p+1. The van der Waals surface area contributed by atoms with E-state index in [0.29, 0.717) is 9.92 Å². The predicted octanol–water partition coefficient (Wildman–Crippen LogP) is 3.74. The molecule has 2 heterocycles. The second kappa shape index (κ2) is 6.32. The lowest BCUT2D eigenvalue weighted by Gasteiger charge is -2.21. The Labute approximate surface area is 152 Å². The van der Waals surface area contributed by atoms with E-state index in [4.69, 9.17) is 11.6 Å². The second-order valence-corrected chi connectivity index (χ2v) is 8.55. The van der Waals surface area contributed by atoms with E-state index in [2.05, 4.69) is 9.88 Å². The van der Waals surface area contributed by atoms with E-state index in [1.165, 1.54) is 0 Å². The van der Waals surface area contributed by atoms with E-state index in [9.17, 15) is 8.42 Å². The van der Waals surface area contributed by atoms with Crippen LogP contribution in [0.1, 0.15) is 12.8 Å². The third kappa shape index (κ3) is 2.87. The number of para-hydroxylation sites is 1. The van der Waals surface area contributed by atoms with Gasteiger partial charge in [-0.25, -0.2) is 13.4 Å². The van der Waals surface area contributed by atoms with Crippen LogP contribution in [0.15, 0.2) is 64.5 Å². The van der Waals surface area contributed by atoms with Crippen molar-refractivity contribution in [3.63, 3.8) is 0 Å². The summed E-state index contributed by atoms with van der Waals surface area (Å²) in [5, 5.41) is 1.45. The molecule has 3 aromatic rings. The van der Waals surface area contributed by atoms with Gasteiger partial charge >= 0.3 is 0 Å². The molecule has 6 heteroatoms. The van der Waals surface area contributed by atoms with Crippen molar-refractivity contribution < 1.29 is 13.4 Å². The van der Waals surface area contributed by atoms with Gasteiger partial charge in [-0.15, -0.1) is 0 Å². The number of aromatic amines is 1. The Bertz CT molecular complexity index is 1030. The largest absolute Gasteiger partial charge is 0.370 e. The Balaban J connectivity index is 1.97. The van der Waals surface area contributed by atoms with Gasteiger partial charge in [0.05, 0.1) is 16.0 Å². The molecule has 0 saturated carbocycles. The number of rotatable bonds is 3. The molecule has 2 aromatic carbocycles. The average Bonchev–Trinajstić information content (AvgIpc) is 3.15. The van der Waals surface area contributed by atoms with Crippen LogP contribution in [0, 0.1) is 0 Å². The highest BCUT2D eigenvalue weighted by molar-refractivity contribution is 7.91. The molecule has 1 aliphatic rings. The summed E-state index contributed by atoms with van der Waals surface area (Å²) in [5.41, 5.74) is 1.72. The number of nitrogens with zero attached hydrogens (tertiary/aromatic N) is 1. The maximum Gasteiger partial charge on any atom is 0.214 e. The average molecular weight is 374 g/mol. The number of benzene rings is 2. The third-order valence-electron chi connectivity index (χ3n) is 4.61. The Kier molecular flexibility index (Phi) is 4.13. The molecule has 1 aliphatic heterocycles. The predicted molar refractivity (Wildman–Crippen MR) is 98.9 cm³/mol. The molecule has 0 unspecified atom stereocenters. The summed E-state index contributed by atoms with van der Waals surface area (Å²) in [6, 6.07) is 14.1. The van der Waals surface area contributed by atoms with Gasteiger partial charge in [0, 0.05) is 24.2 Å². The van der Waals surface area contributed by atoms with E-state index < -0.39 is 9.84 Å². The monoisotopic (exact) mass is 373 g/mol. The summed E-state index contributed by atoms with van der Waals surface area (Å²) in [4.78, 5) is 5.88. The van der Waals surface area contributed by atoms with Crippen LogP contribution in [0.4, 0.5) is 5.69 Å². The number of anilines is 1. The molecule has 0 bridgehead atoms. The Hall–Kier alpha value is -2.11. The second-order valence-electron chi connectivity index (χ2n) is 6.20. The quantitative estimate of drug-likeness (QED) is 0.702. The van der Waals surface area contributed by atoms with Crippen LogP contribution in [0.5, 0.6) is 0 Å². The first-order chi connectivity index (χ1) is 12.1. The normalized spacial score (nSPS) is 15.0. The summed E-state index contributed by atoms with van der Waals surface area (Å²) in [6.45, 7) is 1.74. The van der Waals surface area contributed by atoms with E-state index >= 15 is 0 Å². The van der Waals surface area contributed by atoms with Gasteiger partial charge in [-0.1, -0.05) is 23.7 Å². The van der Waals surface area contributed by atoms with Crippen molar-refractivity contribution >= 4 is 38.0 Å².